The molecule has 1 saturated carbocycles. The van der Waals surface area contributed by atoms with Crippen molar-refractivity contribution in [3.05, 3.63) is 48.8 Å². The Labute approximate surface area is 192 Å². The van der Waals surface area contributed by atoms with Crippen LogP contribution in [0.4, 0.5) is 15.8 Å². The molecule has 3 fully saturated rings. The molecule has 2 aromatic heterocycles. The van der Waals surface area contributed by atoms with Crippen LogP contribution in [0.15, 0.2) is 48.8 Å². The molecule has 0 bridgehead atoms. The lowest BCUT2D eigenvalue weighted by atomic mass is 10.1. The number of halogens is 1. The van der Waals surface area contributed by atoms with Gasteiger partial charge in [-0.2, -0.15) is 5.10 Å². The fourth-order valence-electron chi connectivity index (χ4n) is 5.03. The number of aromatic nitrogens is 2. The van der Waals surface area contributed by atoms with Crippen LogP contribution in [0.5, 0.6) is 0 Å². The van der Waals surface area contributed by atoms with Crippen LogP contribution in [-0.2, 0) is 4.79 Å². The van der Waals surface area contributed by atoms with E-state index in [9.17, 15) is 9.18 Å². The molecular weight excluding hydrogens is 419 g/mol. The molecule has 0 radical (unpaired) electrons. The molecule has 1 aromatic carbocycles. The van der Waals surface area contributed by atoms with Gasteiger partial charge in [-0.25, -0.2) is 8.91 Å². The minimum absolute atomic E-state index is 0.0174. The molecule has 2 saturated heterocycles. The van der Waals surface area contributed by atoms with E-state index in [1.54, 1.807) is 0 Å². The van der Waals surface area contributed by atoms with Crippen LogP contribution in [0.3, 0.4) is 0 Å². The van der Waals surface area contributed by atoms with Crippen molar-refractivity contribution >= 4 is 22.8 Å². The highest BCUT2D eigenvalue weighted by Gasteiger charge is 2.46. The second kappa shape index (κ2) is 8.33. The highest BCUT2D eigenvalue weighted by molar-refractivity contribution is 5.83. The van der Waals surface area contributed by atoms with Gasteiger partial charge in [-0.05, 0) is 36.2 Å². The molecule has 0 unspecified atom stereocenters. The Morgan fingerprint density at radius 2 is 1.67 bits per heavy atom. The number of hydrogen-bond donors (Lipinski definition) is 1. The molecule has 7 nitrogen and oxygen atoms in total. The van der Waals surface area contributed by atoms with Gasteiger partial charge in [-0.3, -0.25) is 4.79 Å². The van der Waals surface area contributed by atoms with Gasteiger partial charge in [0.15, 0.2) is 0 Å². The number of rotatable bonds is 4. The molecule has 1 amide bonds. The summed E-state index contributed by atoms with van der Waals surface area (Å²) in [5.41, 5.74) is 5.75. The largest absolute Gasteiger partial charge is 0.369 e. The van der Waals surface area contributed by atoms with E-state index in [1.807, 2.05) is 21.7 Å². The first-order valence-electron chi connectivity index (χ1n) is 11.9. The number of nitrogens with one attached hydrogen (secondary N) is 1. The monoisotopic (exact) mass is 448 g/mol. The van der Waals surface area contributed by atoms with E-state index in [-0.39, 0.29) is 5.91 Å². The zero-order valence-corrected chi connectivity index (χ0v) is 18.7. The Balaban J connectivity index is 1.19. The van der Waals surface area contributed by atoms with E-state index < -0.39 is 12.1 Å². The van der Waals surface area contributed by atoms with Crippen molar-refractivity contribution in [3.63, 3.8) is 0 Å². The van der Waals surface area contributed by atoms with Crippen LogP contribution in [0.25, 0.3) is 16.6 Å². The van der Waals surface area contributed by atoms with Crippen molar-refractivity contribution in [1.82, 2.24) is 19.8 Å². The zero-order valence-electron chi connectivity index (χ0n) is 18.7. The number of piperazine rings is 2. The quantitative estimate of drug-likeness (QED) is 0.665. The van der Waals surface area contributed by atoms with E-state index in [0.717, 1.165) is 56.0 Å². The molecular formula is C25H29FN6O. The van der Waals surface area contributed by atoms with Gasteiger partial charge >= 0.3 is 0 Å². The first-order chi connectivity index (χ1) is 16.2. The Kier molecular flexibility index (Phi) is 5.17. The van der Waals surface area contributed by atoms with Crippen molar-refractivity contribution < 1.29 is 9.18 Å². The number of anilines is 2. The van der Waals surface area contributed by atoms with Gasteiger partial charge < -0.3 is 20.0 Å². The summed E-state index contributed by atoms with van der Waals surface area (Å²) in [4.78, 5) is 18.9. The number of fused-ring (bicyclic) bond motifs is 1. The third kappa shape index (κ3) is 3.93. The molecule has 4 heterocycles. The molecule has 33 heavy (non-hydrogen) atoms. The van der Waals surface area contributed by atoms with Crippen LogP contribution >= 0.6 is 0 Å². The average molecular weight is 449 g/mol. The molecule has 172 valence electrons. The maximum Gasteiger partial charge on any atom is 0.228 e. The Hall–Kier alpha value is -3.13. The number of carbonyl (C=O) groups excluding carboxylic acids is 1. The summed E-state index contributed by atoms with van der Waals surface area (Å²) in [6, 6.07) is 13.0. The number of nitrogens with zero attached hydrogens (tertiary/aromatic N) is 5. The summed E-state index contributed by atoms with van der Waals surface area (Å²) < 4.78 is 15.2. The molecule has 1 aliphatic carbocycles. The summed E-state index contributed by atoms with van der Waals surface area (Å²) in [5, 5.41) is 7.92. The Morgan fingerprint density at radius 1 is 0.939 bits per heavy atom. The van der Waals surface area contributed by atoms with Crippen LogP contribution in [0, 0.1) is 5.92 Å². The number of benzene rings is 1. The fourth-order valence-corrected chi connectivity index (χ4v) is 5.03. The van der Waals surface area contributed by atoms with Crippen molar-refractivity contribution in [2.75, 3.05) is 62.2 Å². The van der Waals surface area contributed by atoms with Gasteiger partial charge in [0.1, 0.15) is 6.17 Å². The highest BCUT2D eigenvalue weighted by Crippen LogP contribution is 2.36. The van der Waals surface area contributed by atoms with Gasteiger partial charge in [0, 0.05) is 76.0 Å². The van der Waals surface area contributed by atoms with E-state index >= 15 is 0 Å². The fraction of sp³-hybridized carbons (Fsp3) is 0.440. The molecule has 2 atom stereocenters. The minimum Gasteiger partial charge on any atom is -0.369 e. The summed E-state index contributed by atoms with van der Waals surface area (Å²) in [6.45, 7) is 6.90. The molecule has 0 spiro atoms. The normalized spacial score (nSPS) is 23.2. The van der Waals surface area contributed by atoms with Gasteiger partial charge in [-0.15, -0.1) is 0 Å². The Bertz CT molecular complexity index is 1150. The maximum absolute atomic E-state index is 13.3. The van der Waals surface area contributed by atoms with Gasteiger partial charge in [0.25, 0.3) is 0 Å². The molecule has 1 N–H and O–H groups in total. The Morgan fingerprint density at radius 3 is 2.36 bits per heavy atom. The van der Waals surface area contributed by atoms with Crippen molar-refractivity contribution in [2.24, 2.45) is 5.92 Å². The lowest BCUT2D eigenvalue weighted by molar-refractivity contribution is -0.133. The minimum atomic E-state index is -0.930. The SMILES string of the molecule is O=C([C@H]1C[C@@H]1F)N1CCN(c2ccnn3cc(-c4ccc(N5CCNCC5)cc4)cc23)CC1. The van der Waals surface area contributed by atoms with Crippen LogP contribution < -0.4 is 15.1 Å². The van der Waals surface area contributed by atoms with E-state index in [0.29, 0.717) is 19.5 Å². The standard InChI is InChI=1S/C25H29FN6O/c26-22-16-21(22)25(33)31-13-11-30(12-14-31)23-5-6-28-32-17-19(15-24(23)32)18-1-3-20(4-2-18)29-9-7-27-8-10-29/h1-6,15,17,21-22,27H,7-14,16H2/t21-,22-/m0/s1. The number of amides is 1. The number of alkyl halides is 1. The van der Waals surface area contributed by atoms with Crippen LogP contribution in [0.2, 0.25) is 0 Å². The lowest BCUT2D eigenvalue weighted by Gasteiger charge is -2.36. The van der Waals surface area contributed by atoms with Crippen molar-refractivity contribution in [3.8, 4) is 11.1 Å². The topological polar surface area (TPSA) is 56.1 Å². The predicted octanol–water partition coefficient (Wildman–Crippen LogP) is 2.42. The van der Waals surface area contributed by atoms with E-state index in [4.69, 9.17) is 0 Å². The van der Waals surface area contributed by atoms with Gasteiger partial charge in [0.05, 0.1) is 17.1 Å². The molecule has 3 aliphatic rings. The second-order valence-electron chi connectivity index (χ2n) is 9.23. The first kappa shape index (κ1) is 20.5. The molecule has 8 heteroatoms. The average Bonchev–Trinajstić information content (AvgIpc) is 3.44. The summed E-state index contributed by atoms with van der Waals surface area (Å²) >= 11 is 0. The second-order valence-corrected chi connectivity index (χ2v) is 9.23. The smallest absolute Gasteiger partial charge is 0.228 e. The van der Waals surface area contributed by atoms with E-state index in [1.165, 1.54) is 11.3 Å². The summed E-state index contributed by atoms with van der Waals surface area (Å²) in [6.07, 6.45) is 3.37. The summed E-state index contributed by atoms with van der Waals surface area (Å²) in [5.74, 6) is -0.411. The maximum atomic E-state index is 13.3. The zero-order chi connectivity index (χ0) is 22.4. The summed E-state index contributed by atoms with van der Waals surface area (Å²) in [7, 11) is 0. The van der Waals surface area contributed by atoms with Crippen molar-refractivity contribution in [1.29, 1.82) is 0 Å². The van der Waals surface area contributed by atoms with E-state index in [2.05, 4.69) is 56.7 Å². The predicted molar refractivity (Wildman–Crippen MR) is 128 cm³/mol. The number of carbonyl (C=O) groups is 1. The molecule has 2 aliphatic heterocycles. The third-order valence-corrected chi connectivity index (χ3v) is 7.13. The molecule has 6 rings (SSSR count). The van der Waals surface area contributed by atoms with Gasteiger partial charge in [0.2, 0.25) is 5.91 Å². The van der Waals surface area contributed by atoms with Crippen molar-refractivity contribution in [2.45, 2.75) is 12.6 Å². The lowest BCUT2D eigenvalue weighted by Crippen LogP contribution is -2.49. The third-order valence-electron chi connectivity index (χ3n) is 7.13. The van der Waals surface area contributed by atoms with Gasteiger partial charge in [-0.1, -0.05) is 12.1 Å². The highest BCUT2D eigenvalue weighted by atomic mass is 19.1. The van der Waals surface area contributed by atoms with Crippen LogP contribution in [-0.4, -0.2) is 79.0 Å². The van der Waals surface area contributed by atoms with Crippen LogP contribution in [0.1, 0.15) is 6.42 Å². The molecule has 3 aromatic rings. The first-order valence-corrected chi connectivity index (χ1v) is 11.9. The number of hydrogen-bond acceptors (Lipinski definition) is 5.